The van der Waals surface area contributed by atoms with Crippen LogP contribution in [-0.4, -0.2) is 4.57 Å². The summed E-state index contributed by atoms with van der Waals surface area (Å²) in [6.07, 6.45) is 0. The lowest BCUT2D eigenvalue weighted by Gasteiger charge is -2.22. The molecule has 216 valence electrons. The van der Waals surface area contributed by atoms with Gasteiger partial charge in [-0.25, -0.2) is 0 Å². The van der Waals surface area contributed by atoms with E-state index in [4.69, 9.17) is 0 Å². The summed E-state index contributed by atoms with van der Waals surface area (Å²) in [7, 11) is 0. The van der Waals surface area contributed by atoms with Crippen LogP contribution in [-0.2, 0) is 5.41 Å². The van der Waals surface area contributed by atoms with Crippen molar-refractivity contribution in [3.05, 3.63) is 149 Å². The topological polar surface area (TPSA) is 52.5 Å². The first-order valence-corrected chi connectivity index (χ1v) is 15.8. The van der Waals surface area contributed by atoms with Crippen LogP contribution in [0.15, 0.2) is 115 Å². The molecule has 3 heteroatoms. The predicted octanol–water partition coefficient (Wildman–Crippen LogP) is 10.6. The summed E-state index contributed by atoms with van der Waals surface area (Å²) in [4.78, 5) is 0. The smallest absolute Gasteiger partial charge is 0.0998 e. The molecule has 0 bridgehead atoms. The Morgan fingerprint density at radius 2 is 1.43 bits per heavy atom. The maximum atomic E-state index is 10.4. The maximum Gasteiger partial charge on any atom is 0.0998 e. The lowest BCUT2D eigenvalue weighted by atomic mass is 9.81. The molecule has 7 aromatic rings. The molecule has 1 aromatic heterocycles. The number of rotatable bonds is 2. The van der Waals surface area contributed by atoms with Crippen molar-refractivity contribution in [1.82, 2.24) is 4.57 Å². The van der Waals surface area contributed by atoms with Crippen molar-refractivity contribution >= 4 is 21.8 Å². The molecule has 0 spiro atoms. The van der Waals surface area contributed by atoms with Crippen molar-refractivity contribution in [2.75, 3.05) is 0 Å². The van der Waals surface area contributed by atoms with Crippen molar-refractivity contribution < 1.29 is 0 Å². The van der Waals surface area contributed by atoms with Gasteiger partial charge in [0.05, 0.1) is 40.0 Å². The van der Waals surface area contributed by atoms with Crippen LogP contribution in [0.2, 0.25) is 0 Å². The lowest BCUT2D eigenvalue weighted by Crippen LogP contribution is -2.15. The number of para-hydroxylation sites is 1. The fourth-order valence-electron chi connectivity index (χ4n) is 8.41. The highest BCUT2D eigenvalue weighted by molar-refractivity contribution is 6.10. The first kappa shape index (κ1) is 26.5. The molecule has 0 saturated carbocycles. The molecule has 1 atom stereocenters. The van der Waals surface area contributed by atoms with Gasteiger partial charge in [-0.3, -0.25) is 0 Å². The quantitative estimate of drug-likeness (QED) is 0.202. The van der Waals surface area contributed by atoms with E-state index in [-0.39, 0.29) is 11.3 Å². The second-order valence-electron chi connectivity index (χ2n) is 13.2. The standard InChI is InChI=1S/C43H29N3/c1-25-29-17-16-27(22-33(29)31-18-19-36-42(40(25)31)32-11-4-6-12-35(32)43(36,2)3)41-28(24-45)9-8-14-39(41)46-37-13-7-5-10-30(37)34-21-26(23-44)15-20-38(34)46/h4-22,25H,1-3H3/t25-/m1/s1. The Morgan fingerprint density at radius 1 is 0.630 bits per heavy atom. The van der Waals surface area contributed by atoms with Crippen LogP contribution >= 0.6 is 0 Å². The van der Waals surface area contributed by atoms with Gasteiger partial charge in [-0.15, -0.1) is 0 Å². The van der Waals surface area contributed by atoms with Gasteiger partial charge in [-0.05, 0) is 92.5 Å². The summed E-state index contributed by atoms with van der Waals surface area (Å²) < 4.78 is 2.25. The van der Waals surface area contributed by atoms with Crippen LogP contribution in [0.1, 0.15) is 60.1 Å². The minimum absolute atomic E-state index is 0.0441. The number of benzene rings is 6. The molecule has 6 aromatic carbocycles. The number of fused-ring (bicyclic) bond motifs is 10. The SMILES string of the molecule is C[C@@H]1c2ccc(-c3c(C#N)cccc3-n3c4ccccc4c4cc(C#N)ccc43)cc2-c2ccc3c(c21)-c1ccccc1C3(C)C. The number of aromatic nitrogens is 1. The van der Waals surface area contributed by atoms with Crippen LogP contribution in [0.3, 0.4) is 0 Å². The third-order valence-corrected chi connectivity index (χ3v) is 10.5. The Labute approximate surface area is 268 Å². The Bertz CT molecular complexity index is 2550. The number of nitriles is 2. The molecule has 2 aliphatic carbocycles. The molecule has 0 fully saturated rings. The second-order valence-corrected chi connectivity index (χ2v) is 13.2. The Kier molecular flexibility index (Phi) is 5.36. The molecular weight excluding hydrogens is 558 g/mol. The van der Waals surface area contributed by atoms with Crippen LogP contribution in [0.4, 0.5) is 0 Å². The van der Waals surface area contributed by atoms with E-state index in [2.05, 4.69) is 110 Å². The number of hydrogen-bond acceptors (Lipinski definition) is 2. The van der Waals surface area contributed by atoms with Crippen molar-refractivity contribution in [2.24, 2.45) is 0 Å². The zero-order valence-corrected chi connectivity index (χ0v) is 25.9. The molecule has 0 saturated heterocycles. The van der Waals surface area contributed by atoms with E-state index in [1.807, 2.05) is 42.5 Å². The molecule has 0 amide bonds. The minimum atomic E-state index is -0.0441. The average molecular weight is 588 g/mol. The van der Waals surface area contributed by atoms with E-state index in [0.717, 1.165) is 38.6 Å². The molecule has 9 rings (SSSR count). The molecular formula is C43H29N3. The lowest BCUT2D eigenvalue weighted by molar-refractivity contribution is 0.660. The van der Waals surface area contributed by atoms with E-state index >= 15 is 0 Å². The van der Waals surface area contributed by atoms with Gasteiger partial charge in [0.1, 0.15) is 0 Å². The fraction of sp³-hybridized carbons (Fsp3) is 0.116. The zero-order valence-electron chi connectivity index (χ0n) is 25.9. The van der Waals surface area contributed by atoms with Gasteiger partial charge < -0.3 is 4.57 Å². The van der Waals surface area contributed by atoms with Gasteiger partial charge >= 0.3 is 0 Å². The number of hydrogen-bond donors (Lipinski definition) is 0. The van der Waals surface area contributed by atoms with Crippen molar-refractivity contribution in [3.8, 4) is 51.2 Å². The summed E-state index contributed by atoms with van der Waals surface area (Å²) in [6, 6.07) is 45.3. The molecule has 0 aliphatic heterocycles. The van der Waals surface area contributed by atoms with Crippen molar-refractivity contribution in [3.63, 3.8) is 0 Å². The normalized spacial score (nSPS) is 15.2. The first-order chi connectivity index (χ1) is 22.4. The molecule has 1 heterocycles. The second kappa shape index (κ2) is 9.31. The van der Waals surface area contributed by atoms with Crippen LogP contribution in [0.5, 0.6) is 0 Å². The van der Waals surface area contributed by atoms with Crippen LogP contribution in [0, 0.1) is 22.7 Å². The largest absolute Gasteiger partial charge is 0.309 e. The first-order valence-electron chi connectivity index (χ1n) is 15.8. The van der Waals surface area contributed by atoms with Crippen molar-refractivity contribution in [2.45, 2.75) is 32.1 Å². The highest BCUT2D eigenvalue weighted by Crippen LogP contribution is 2.57. The summed E-state index contributed by atoms with van der Waals surface area (Å²) in [5.41, 5.74) is 16.9. The molecule has 2 aliphatic rings. The summed E-state index contributed by atoms with van der Waals surface area (Å²) in [5.74, 6) is 0.258. The summed E-state index contributed by atoms with van der Waals surface area (Å²) in [5, 5.41) is 22.2. The van der Waals surface area contributed by atoms with E-state index < -0.39 is 0 Å². The predicted molar refractivity (Wildman–Crippen MR) is 186 cm³/mol. The highest BCUT2D eigenvalue weighted by Gasteiger charge is 2.40. The minimum Gasteiger partial charge on any atom is -0.309 e. The molecule has 46 heavy (non-hydrogen) atoms. The van der Waals surface area contributed by atoms with E-state index in [9.17, 15) is 10.5 Å². The highest BCUT2D eigenvalue weighted by atomic mass is 15.0. The zero-order chi connectivity index (χ0) is 31.3. The third kappa shape index (κ3) is 3.35. The molecule has 0 unspecified atom stereocenters. The Hall–Kier alpha value is -5.90. The van der Waals surface area contributed by atoms with E-state index in [0.29, 0.717) is 11.1 Å². The van der Waals surface area contributed by atoms with Gasteiger partial charge in [-0.1, -0.05) is 93.6 Å². The third-order valence-electron chi connectivity index (χ3n) is 10.5. The van der Waals surface area contributed by atoms with Gasteiger partial charge in [0, 0.05) is 27.7 Å². The van der Waals surface area contributed by atoms with Gasteiger partial charge in [0.15, 0.2) is 0 Å². The van der Waals surface area contributed by atoms with Gasteiger partial charge in [0.2, 0.25) is 0 Å². The molecule has 0 radical (unpaired) electrons. The van der Waals surface area contributed by atoms with Crippen molar-refractivity contribution in [1.29, 1.82) is 10.5 Å². The van der Waals surface area contributed by atoms with Crippen LogP contribution < -0.4 is 0 Å². The average Bonchev–Trinajstić information content (AvgIpc) is 3.66. The van der Waals surface area contributed by atoms with Gasteiger partial charge in [0.25, 0.3) is 0 Å². The Morgan fingerprint density at radius 3 is 2.28 bits per heavy atom. The van der Waals surface area contributed by atoms with E-state index in [1.54, 1.807) is 0 Å². The summed E-state index contributed by atoms with van der Waals surface area (Å²) >= 11 is 0. The summed E-state index contributed by atoms with van der Waals surface area (Å²) in [6.45, 7) is 7.01. The maximum absolute atomic E-state index is 10.4. The molecule has 3 nitrogen and oxygen atoms in total. The Balaban J connectivity index is 1.30. The van der Waals surface area contributed by atoms with E-state index in [1.165, 1.54) is 44.5 Å². The fourth-order valence-corrected chi connectivity index (χ4v) is 8.41. The van der Waals surface area contributed by atoms with Crippen LogP contribution in [0.25, 0.3) is 60.9 Å². The monoisotopic (exact) mass is 587 g/mol. The number of nitrogens with zero attached hydrogens (tertiary/aromatic N) is 3. The van der Waals surface area contributed by atoms with Gasteiger partial charge in [-0.2, -0.15) is 10.5 Å². The molecule has 0 N–H and O–H groups in total.